The molecule has 1 atom stereocenters. The second-order valence-corrected chi connectivity index (χ2v) is 6.52. The third-order valence-electron chi connectivity index (χ3n) is 4.43. The van der Waals surface area contributed by atoms with Crippen LogP contribution in [0, 0.1) is 17.2 Å². The number of aromatic nitrogens is 2. The number of hydrogen-bond donors (Lipinski definition) is 1. The molecule has 0 spiro atoms. The van der Waals surface area contributed by atoms with Gasteiger partial charge in [-0.2, -0.15) is 5.26 Å². The minimum absolute atomic E-state index is 0.327. The number of anilines is 1. The van der Waals surface area contributed by atoms with E-state index in [1.807, 2.05) is 6.07 Å². The highest BCUT2D eigenvalue weighted by Gasteiger charge is 2.16. The molecule has 1 aliphatic heterocycles. The van der Waals surface area contributed by atoms with E-state index in [1.165, 1.54) is 43.3 Å². The second kappa shape index (κ2) is 7.89. The van der Waals surface area contributed by atoms with E-state index < -0.39 is 0 Å². The molecule has 0 radical (unpaired) electrons. The molecule has 1 saturated heterocycles. The first-order valence-corrected chi connectivity index (χ1v) is 8.50. The molecular formula is C19H23N5. The first-order valence-electron chi connectivity index (χ1n) is 8.50. The van der Waals surface area contributed by atoms with Crippen molar-refractivity contribution in [3.63, 3.8) is 0 Å². The van der Waals surface area contributed by atoms with Crippen molar-refractivity contribution in [2.24, 2.45) is 5.92 Å². The van der Waals surface area contributed by atoms with Crippen LogP contribution >= 0.6 is 0 Å². The van der Waals surface area contributed by atoms with Crippen LogP contribution in [0.1, 0.15) is 36.6 Å². The van der Waals surface area contributed by atoms with E-state index in [1.54, 1.807) is 6.20 Å². The fourth-order valence-electron chi connectivity index (χ4n) is 3.19. The lowest BCUT2D eigenvalue weighted by molar-refractivity contribution is 0.176. The van der Waals surface area contributed by atoms with E-state index >= 15 is 0 Å². The molecule has 0 bridgehead atoms. The molecule has 24 heavy (non-hydrogen) atoms. The Labute approximate surface area is 143 Å². The molecule has 2 heterocycles. The maximum Gasteiger partial charge on any atom is 0.182 e. The number of nitrogens with one attached hydrogen (secondary N) is 1. The van der Waals surface area contributed by atoms with E-state index in [9.17, 15) is 0 Å². The Morgan fingerprint density at radius 2 is 1.96 bits per heavy atom. The first-order chi connectivity index (χ1) is 11.7. The summed E-state index contributed by atoms with van der Waals surface area (Å²) in [5, 5.41) is 12.2. The number of benzene rings is 1. The molecule has 1 aliphatic rings. The zero-order chi connectivity index (χ0) is 16.8. The highest BCUT2D eigenvalue weighted by atomic mass is 15.1. The summed E-state index contributed by atoms with van der Waals surface area (Å²) in [6, 6.07) is 10.7. The Morgan fingerprint density at radius 1 is 1.21 bits per heavy atom. The van der Waals surface area contributed by atoms with E-state index in [0.29, 0.717) is 18.1 Å². The Morgan fingerprint density at radius 3 is 2.71 bits per heavy atom. The van der Waals surface area contributed by atoms with Gasteiger partial charge in [0.1, 0.15) is 6.07 Å². The molecular weight excluding hydrogens is 298 g/mol. The van der Waals surface area contributed by atoms with Gasteiger partial charge in [-0.15, -0.1) is 0 Å². The summed E-state index contributed by atoms with van der Waals surface area (Å²) < 4.78 is 0. The van der Waals surface area contributed by atoms with Crippen LogP contribution in [0.25, 0.3) is 0 Å². The van der Waals surface area contributed by atoms with E-state index in [-0.39, 0.29) is 0 Å². The summed E-state index contributed by atoms with van der Waals surface area (Å²) in [5.41, 5.74) is 2.85. The molecule has 1 aromatic carbocycles. The maximum atomic E-state index is 9.03. The normalized spacial score (nSPS) is 18.1. The summed E-state index contributed by atoms with van der Waals surface area (Å²) in [4.78, 5) is 10.7. The Hall–Kier alpha value is -2.45. The maximum absolute atomic E-state index is 9.03. The lowest BCUT2D eigenvalue weighted by Gasteiger charge is -2.30. The highest BCUT2D eigenvalue weighted by Crippen LogP contribution is 2.18. The van der Waals surface area contributed by atoms with Gasteiger partial charge in [-0.3, -0.25) is 4.90 Å². The van der Waals surface area contributed by atoms with Crippen molar-refractivity contribution in [1.29, 1.82) is 5.26 Å². The molecule has 1 fully saturated rings. The summed E-state index contributed by atoms with van der Waals surface area (Å²) in [5.74, 6) is 1.34. The largest absolute Gasteiger partial charge is 0.364 e. The molecule has 1 unspecified atom stereocenters. The van der Waals surface area contributed by atoms with Crippen LogP contribution in [0.4, 0.5) is 5.82 Å². The number of rotatable bonds is 5. The first kappa shape index (κ1) is 16.4. The van der Waals surface area contributed by atoms with Gasteiger partial charge >= 0.3 is 0 Å². The Balaban J connectivity index is 1.56. The SMILES string of the molecule is CC1CCCN(Cc2ccc(CNc3nccnc3C#N)cc2)C1. The topological polar surface area (TPSA) is 64.8 Å². The molecule has 2 aromatic rings. The molecule has 1 aromatic heterocycles. The Kier molecular flexibility index (Phi) is 5.39. The van der Waals surface area contributed by atoms with Crippen LogP contribution in [0.2, 0.25) is 0 Å². The van der Waals surface area contributed by atoms with Crippen LogP contribution in [0.3, 0.4) is 0 Å². The van der Waals surface area contributed by atoms with E-state index in [0.717, 1.165) is 12.5 Å². The summed E-state index contributed by atoms with van der Waals surface area (Å²) in [6.45, 7) is 6.41. The Bertz CT molecular complexity index is 704. The van der Waals surface area contributed by atoms with Crippen LogP contribution in [-0.4, -0.2) is 28.0 Å². The molecule has 5 heteroatoms. The summed E-state index contributed by atoms with van der Waals surface area (Å²) in [6.07, 6.45) is 5.78. The third kappa shape index (κ3) is 4.30. The number of nitriles is 1. The number of nitrogens with zero attached hydrogens (tertiary/aromatic N) is 4. The van der Waals surface area contributed by atoms with Crippen molar-refractivity contribution in [2.75, 3.05) is 18.4 Å². The van der Waals surface area contributed by atoms with Crippen molar-refractivity contribution < 1.29 is 0 Å². The van der Waals surface area contributed by atoms with Gasteiger partial charge in [-0.1, -0.05) is 31.2 Å². The highest BCUT2D eigenvalue weighted by molar-refractivity contribution is 5.47. The van der Waals surface area contributed by atoms with Crippen LogP contribution in [0.15, 0.2) is 36.7 Å². The van der Waals surface area contributed by atoms with Gasteiger partial charge in [0.05, 0.1) is 0 Å². The average molecular weight is 321 g/mol. The van der Waals surface area contributed by atoms with Gasteiger partial charge in [0.25, 0.3) is 0 Å². The van der Waals surface area contributed by atoms with Gasteiger partial charge in [0, 0.05) is 32.0 Å². The molecule has 0 aliphatic carbocycles. The predicted octanol–water partition coefficient (Wildman–Crippen LogP) is 3.19. The van der Waals surface area contributed by atoms with Gasteiger partial charge < -0.3 is 5.32 Å². The second-order valence-electron chi connectivity index (χ2n) is 6.52. The van der Waals surface area contributed by atoms with Gasteiger partial charge in [-0.25, -0.2) is 9.97 Å². The van der Waals surface area contributed by atoms with E-state index in [2.05, 4.69) is 51.4 Å². The van der Waals surface area contributed by atoms with E-state index in [4.69, 9.17) is 5.26 Å². The smallest absolute Gasteiger partial charge is 0.182 e. The van der Waals surface area contributed by atoms with Crippen molar-refractivity contribution in [3.8, 4) is 6.07 Å². The van der Waals surface area contributed by atoms with Crippen molar-refractivity contribution >= 4 is 5.82 Å². The molecule has 124 valence electrons. The number of likely N-dealkylation sites (tertiary alicyclic amines) is 1. The summed E-state index contributed by atoms with van der Waals surface area (Å²) >= 11 is 0. The van der Waals surface area contributed by atoms with Crippen LogP contribution in [0.5, 0.6) is 0 Å². The van der Waals surface area contributed by atoms with Crippen molar-refractivity contribution in [2.45, 2.75) is 32.9 Å². The standard InChI is InChI=1S/C19H23N5/c1-15-3-2-10-24(13-15)14-17-6-4-16(5-7-17)12-23-19-18(11-20)21-8-9-22-19/h4-9,15H,2-3,10,12-14H2,1H3,(H,22,23). The van der Waals surface area contributed by atoms with Crippen molar-refractivity contribution in [3.05, 3.63) is 53.5 Å². The van der Waals surface area contributed by atoms with Crippen LogP contribution < -0.4 is 5.32 Å². The lowest BCUT2D eigenvalue weighted by atomic mass is 9.99. The van der Waals surface area contributed by atoms with Crippen molar-refractivity contribution in [1.82, 2.24) is 14.9 Å². The quantitative estimate of drug-likeness (QED) is 0.916. The number of piperidine rings is 1. The molecule has 5 nitrogen and oxygen atoms in total. The van der Waals surface area contributed by atoms with Gasteiger partial charge in [-0.05, 0) is 36.4 Å². The monoisotopic (exact) mass is 321 g/mol. The average Bonchev–Trinajstić information content (AvgIpc) is 2.61. The minimum Gasteiger partial charge on any atom is -0.364 e. The molecule has 3 rings (SSSR count). The minimum atomic E-state index is 0.327. The predicted molar refractivity (Wildman–Crippen MR) is 94.2 cm³/mol. The fraction of sp³-hybridized carbons (Fsp3) is 0.421. The molecule has 0 saturated carbocycles. The zero-order valence-corrected chi connectivity index (χ0v) is 14.1. The fourth-order valence-corrected chi connectivity index (χ4v) is 3.19. The van der Waals surface area contributed by atoms with Gasteiger partial charge in [0.2, 0.25) is 0 Å². The van der Waals surface area contributed by atoms with Crippen LogP contribution in [-0.2, 0) is 13.1 Å². The third-order valence-corrected chi connectivity index (χ3v) is 4.43. The molecule has 0 amide bonds. The van der Waals surface area contributed by atoms with Gasteiger partial charge in [0.15, 0.2) is 11.5 Å². The molecule has 1 N–H and O–H groups in total. The summed E-state index contributed by atoms with van der Waals surface area (Å²) in [7, 11) is 0. The number of hydrogen-bond acceptors (Lipinski definition) is 5. The zero-order valence-electron chi connectivity index (χ0n) is 14.1. The lowest BCUT2D eigenvalue weighted by Crippen LogP contribution is -2.33.